The minimum Gasteiger partial charge on any atom is -0.493 e. The van der Waals surface area contributed by atoms with Crippen LogP contribution < -0.4 is 13.8 Å². The molecule has 0 aliphatic heterocycles. The number of carboxylic acids is 1. The van der Waals surface area contributed by atoms with Crippen molar-refractivity contribution in [2.75, 3.05) is 25.6 Å². The van der Waals surface area contributed by atoms with Crippen LogP contribution in [0.15, 0.2) is 47.9 Å². The highest BCUT2D eigenvalue weighted by atomic mass is 32.2. The van der Waals surface area contributed by atoms with Crippen molar-refractivity contribution in [3.63, 3.8) is 0 Å². The van der Waals surface area contributed by atoms with Gasteiger partial charge in [-0.2, -0.15) is 0 Å². The molecule has 2 aromatic carbocycles. The SMILES string of the molecule is COc1ccc(C=CS(=O)(=O)N(C)c2ccccc2C(=O)O)cc1OC. The summed E-state index contributed by atoms with van der Waals surface area (Å²) >= 11 is 0. The molecule has 0 saturated carbocycles. The van der Waals surface area contributed by atoms with Crippen molar-refractivity contribution in [3.8, 4) is 11.5 Å². The maximum absolute atomic E-state index is 12.5. The molecule has 0 fully saturated rings. The highest BCUT2D eigenvalue weighted by Gasteiger charge is 2.20. The number of rotatable bonds is 7. The van der Waals surface area contributed by atoms with Gasteiger partial charge in [0.25, 0.3) is 10.0 Å². The number of aromatic carboxylic acids is 1. The first-order chi connectivity index (χ1) is 12.3. The lowest BCUT2D eigenvalue weighted by molar-refractivity contribution is 0.0698. The maximum atomic E-state index is 12.5. The first kappa shape index (κ1) is 19.3. The van der Waals surface area contributed by atoms with Crippen molar-refractivity contribution >= 4 is 27.8 Å². The molecule has 2 aromatic rings. The van der Waals surface area contributed by atoms with Crippen LogP contribution in [0.1, 0.15) is 15.9 Å². The van der Waals surface area contributed by atoms with Gasteiger partial charge in [-0.3, -0.25) is 4.31 Å². The molecular weight excluding hydrogens is 358 g/mol. The smallest absolute Gasteiger partial charge is 0.337 e. The van der Waals surface area contributed by atoms with Gasteiger partial charge in [-0.05, 0) is 35.9 Å². The number of methoxy groups -OCH3 is 2. The highest BCUT2D eigenvalue weighted by Crippen LogP contribution is 2.28. The Bertz CT molecular complexity index is 936. The lowest BCUT2D eigenvalue weighted by Gasteiger charge is -2.19. The van der Waals surface area contributed by atoms with Crippen molar-refractivity contribution in [1.29, 1.82) is 0 Å². The van der Waals surface area contributed by atoms with Crippen LogP contribution >= 0.6 is 0 Å². The van der Waals surface area contributed by atoms with Crippen molar-refractivity contribution in [3.05, 3.63) is 59.0 Å². The number of para-hydroxylation sites is 1. The van der Waals surface area contributed by atoms with Gasteiger partial charge < -0.3 is 14.6 Å². The number of hydrogen-bond donors (Lipinski definition) is 1. The van der Waals surface area contributed by atoms with Gasteiger partial charge in [-0.1, -0.05) is 18.2 Å². The Morgan fingerprint density at radius 3 is 2.35 bits per heavy atom. The number of hydrogen-bond acceptors (Lipinski definition) is 5. The Balaban J connectivity index is 2.34. The van der Waals surface area contributed by atoms with Gasteiger partial charge in [-0.15, -0.1) is 0 Å². The second kappa shape index (κ2) is 7.92. The van der Waals surface area contributed by atoms with E-state index >= 15 is 0 Å². The van der Waals surface area contributed by atoms with Gasteiger partial charge in [0.05, 0.1) is 30.9 Å². The number of carboxylic acid groups (broad SMARTS) is 1. The largest absolute Gasteiger partial charge is 0.493 e. The molecule has 0 unspecified atom stereocenters. The molecule has 0 saturated heterocycles. The van der Waals surface area contributed by atoms with E-state index in [1.165, 1.54) is 45.5 Å². The summed E-state index contributed by atoms with van der Waals surface area (Å²) in [6.07, 6.45) is 1.40. The summed E-state index contributed by atoms with van der Waals surface area (Å²) in [5.41, 5.74) is 0.571. The number of ether oxygens (including phenoxy) is 2. The first-order valence-electron chi connectivity index (χ1n) is 7.51. The summed E-state index contributed by atoms with van der Waals surface area (Å²) in [4.78, 5) is 11.3. The van der Waals surface area contributed by atoms with E-state index in [0.29, 0.717) is 17.1 Å². The molecule has 2 rings (SSSR count). The van der Waals surface area contributed by atoms with Gasteiger partial charge >= 0.3 is 5.97 Å². The Kier molecular flexibility index (Phi) is 5.89. The van der Waals surface area contributed by atoms with Crippen LogP contribution in [0.5, 0.6) is 11.5 Å². The predicted octanol–water partition coefficient (Wildman–Crippen LogP) is 2.84. The Morgan fingerprint density at radius 1 is 1.08 bits per heavy atom. The zero-order valence-electron chi connectivity index (χ0n) is 14.5. The fourth-order valence-electron chi connectivity index (χ4n) is 2.28. The molecule has 0 spiro atoms. The number of benzene rings is 2. The third kappa shape index (κ3) is 4.15. The zero-order chi connectivity index (χ0) is 19.3. The molecule has 0 atom stereocenters. The van der Waals surface area contributed by atoms with Crippen molar-refractivity contribution in [1.82, 2.24) is 0 Å². The lowest BCUT2D eigenvalue weighted by Crippen LogP contribution is -2.26. The fraction of sp³-hybridized carbons (Fsp3) is 0.167. The van der Waals surface area contributed by atoms with Crippen LogP contribution in [0, 0.1) is 0 Å². The summed E-state index contributed by atoms with van der Waals surface area (Å²) in [5, 5.41) is 10.2. The summed E-state index contributed by atoms with van der Waals surface area (Å²) in [6.45, 7) is 0. The molecule has 0 aliphatic carbocycles. The molecule has 0 amide bonds. The Labute approximate surface area is 152 Å². The van der Waals surface area contributed by atoms with Gasteiger partial charge in [0.2, 0.25) is 0 Å². The molecule has 8 heteroatoms. The standard InChI is InChI=1S/C18H19NO6S/c1-19(15-7-5-4-6-14(15)18(20)21)26(22,23)11-10-13-8-9-16(24-2)17(12-13)25-3/h4-12H,1-3H3,(H,20,21). The summed E-state index contributed by atoms with van der Waals surface area (Å²) in [5.74, 6) is -0.205. The second-order valence-electron chi connectivity index (χ2n) is 5.25. The normalized spacial score (nSPS) is 11.3. The number of anilines is 1. The molecule has 0 heterocycles. The van der Waals surface area contributed by atoms with E-state index in [2.05, 4.69) is 0 Å². The summed E-state index contributed by atoms with van der Waals surface area (Å²) < 4.78 is 36.3. The molecule has 26 heavy (non-hydrogen) atoms. The number of nitrogens with zero attached hydrogens (tertiary/aromatic N) is 1. The van der Waals surface area contributed by atoms with E-state index in [0.717, 1.165) is 9.71 Å². The van der Waals surface area contributed by atoms with Crippen LogP contribution in [0.4, 0.5) is 5.69 Å². The minimum absolute atomic E-state index is 0.0805. The monoisotopic (exact) mass is 377 g/mol. The van der Waals surface area contributed by atoms with Crippen LogP contribution in [0.2, 0.25) is 0 Å². The van der Waals surface area contributed by atoms with Crippen LogP contribution in [-0.2, 0) is 10.0 Å². The van der Waals surface area contributed by atoms with Crippen molar-refractivity contribution < 1.29 is 27.8 Å². The van der Waals surface area contributed by atoms with Crippen molar-refractivity contribution in [2.24, 2.45) is 0 Å². The second-order valence-corrected chi connectivity index (χ2v) is 7.10. The third-order valence-electron chi connectivity index (χ3n) is 3.70. The maximum Gasteiger partial charge on any atom is 0.337 e. The average molecular weight is 377 g/mol. The molecule has 0 bridgehead atoms. The van der Waals surface area contributed by atoms with Crippen LogP contribution in [-0.4, -0.2) is 40.8 Å². The van der Waals surface area contributed by atoms with Crippen molar-refractivity contribution in [2.45, 2.75) is 0 Å². The molecular formula is C18H19NO6S. The number of carbonyl (C=O) groups is 1. The molecule has 7 nitrogen and oxygen atoms in total. The van der Waals surface area contributed by atoms with Gasteiger partial charge in [0, 0.05) is 7.05 Å². The van der Waals surface area contributed by atoms with E-state index in [1.54, 1.807) is 24.3 Å². The highest BCUT2D eigenvalue weighted by molar-refractivity contribution is 7.95. The Hall–Kier alpha value is -3.00. The summed E-state index contributed by atoms with van der Waals surface area (Å²) in [7, 11) is 0.408. The molecule has 0 aromatic heterocycles. The van der Waals surface area contributed by atoms with E-state index in [1.807, 2.05) is 0 Å². The summed E-state index contributed by atoms with van der Waals surface area (Å²) in [6, 6.07) is 10.9. The quantitative estimate of drug-likeness (QED) is 0.797. The zero-order valence-corrected chi connectivity index (χ0v) is 15.4. The third-order valence-corrected chi connectivity index (χ3v) is 5.14. The molecule has 0 aliphatic rings. The Morgan fingerprint density at radius 2 is 1.73 bits per heavy atom. The molecule has 138 valence electrons. The lowest BCUT2D eigenvalue weighted by atomic mass is 10.2. The topological polar surface area (TPSA) is 93.1 Å². The van der Waals surface area contributed by atoms with Crippen LogP contribution in [0.25, 0.3) is 6.08 Å². The van der Waals surface area contributed by atoms with E-state index in [9.17, 15) is 18.3 Å². The molecule has 1 N–H and O–H groups in total. The van der Waals surface area contributed by atoms with Gasteiger partial charge in [0.15, 0.2) is 11.5 Å². The fourth-order valence-corrected chi connectivity index (χ4v) is 3.22. The van der Waals surface area contributed by atoms with Crippen LogP contribution in [0.3, 0.4) is 0 Å². The molecule has 0 radical (unpaired) electrons. The van der Waals surface area contributed by atoms with Gasteiger partial charge in [0.1, 0.15) is 0 Å². The van der Waals surface area contributed by atoms with E-state index in [-0.39, 0.29) is 11.3 Å². The van der Waals surface area contributed by atoms with E-state index < -0.39 is 16.0 Å². The number of sulfonamides is 1. The van der Waals surface area contributed by atoms with Gasteiger partial charge in [-0.25, -0.2) is 13.2 Å². The first-order valence-corrected chi connectivity index (χ1v) is 9.02. The average Bonchev–Trinajstić information content (AvgIpc) is 2.65. The predicted molar refractivity (Wildman–Crippen MR) is 99.3 cm³/mol. The minimum atomic E-state index is -3.89. The van der Waals surface area contributed by atoms with E-state index in [4.69, 9.17) is 9.47 Å².